The summed E-state index contributed by atoms with van der Waals surface area (Å²) in [7, 11) is 0. The van der Waals surface area contributed by atoms with Gasteiger partial charge in [0.1, 0.15) is 11.3 Å². The fourth-order valence-corrected chi connectivity index (χ4v) is 5.05. The lowest BCUT2D eigenvalue weighted by Gasteiger charge is -2.39. The van der Waals surface area contributed by atoms with Crippen molar-refractivity contribution >= 4 is 40.2 Å². The van der Waals surface area contributed by atoms with Gasteiger partial charge in [0, 0.05) is 18.7 Å². The number of hydrogen-bond donors (Lipinski definition) is 1. The van der Waals surface area contributed by atoms with Gasteiger partial charge in [-0.25, -0.2) is 9.97 Å². The van der Waals surface area contributed by atoms with Crippen LogP contribution in [0.4, 0.5) is 5.82 Å². The molecule has 3 heterocycles. The third kappa shape index (κ3) is 2.97. The van der Waals surface area contributed by atoms with Gasteiger partial charge in [0.15, 0.2) is 0 Å². The van der Waals surface area contributed by atoms with Crippen LogP contribution in [0.5, 0.6) is 0 Å². The van der Waals surface area contributed by atoms with E-state index >= 15 is 0 Å². The molecule has 2 aromatic heterocycles. The van der Waals surface area contributed by atoms with Gasteiger partial charge in [0.2, 0.25) is 5.65 Å². The molecule has 140 valence electrons. The first-order valence-electron chi connectivity index (χ1n) is 9.56. The molecule has 1 spiro atoms. The summed E-state index contributed by atoms with van der Waals surface area (Å²) in [5, 5.41) is 8.40. The molecule has 1 N–H and O–H groups in total. The smallest absolute Gasteiger partial charge is 0.202 e. The van der Waals surface area contributed by atoms with E-state index in [-0.39, 0.29) is 0 Å². The summed E-state index contributed by atoms with van der Waals surface area (Å²) >= 11 is 12.5. The van der Waals surface area contributed by atoms with Crippen molar-refractivity contribution < 1.29 is 0 Å². The summed E-state index contributed by atoms with van der Waals surface area (Å²) in [6, 6.07) is 5.54. The van der Waals surface area contributed by atoms with Crippen LogP contribution in [0.2, 0.25) is 10.0 Å². The Labute approximate surface area is 168 Å². The van der Waals surface area contributed by atoms with Crippen LogP contribution < -0.4 is 4.90 Å². The van der Waals surface area contributed by atoms with Crippen molar-refractivity contribution in [3.63, 3.8) is 0 Å². The zero-order chi connectivity index (χ0) is 18.4. The molecule has 5 rings (SSSR count). The highest BCUT2D eigenvalue weighted by molar-refractivity contribution is 6.43. The summed E-state index contributed by atoms with van der Waals surface area (Å²) in [6.45, 7) is 2.11. The van der Waals surface area contributed by atoms with Crippen LogP contribution in [0.1, 0.15) is 38.5 Å². The number of nitrogens with zero attached hydrogens (tertiary/aromatic N) is 4. The molecule has 1 aromatic carbocycles. The van der Waals surface area contributed by atoms with Gasteiger partial charge in [-0.2, -0.15) is 5.10 Å². The summed E-state index contributed by atoms with van der Waals surface area (Å²) in [6.07, 6.45) is 9.96. The van der Waals surface area contributed by atoms with E-state index in [1.807, 2.05) is 18.3 Å². The maximum absolute atomic E-state index is 6.36. The van der Waals surface area contributed by atoms with Gasteiger partial charge in [-0.15, -0.1) is 0 Å². The normalized spacial score (nSPS) is 19.3. The second kappa shape index (κ2) is 6.64. The van der Waals surface area contributed by atoms with E-state index < -0.39 is 0 Å². The van der Waals surface area contributed by atoms with Crippen molar-refractivity contribution in [2.45, 2.75) is 38.5 Å². The predicted octanol–water partition coefficient (Wildman–Crippen LogP) is 5.49. The molecule has 1 aliphatic carbocycles. The summed E-state index contributed by atoms with van der Waals surface area (Å²) in [4.78, 5) is 11.8. The summed E-state index contributed by atoms with van der Waals surface area (Å²) in [5.74, 6) is 0.908. The number of aromatic nitrogens is 4. The average Bonchev–Trinajstić information content (AvgIpc) is 3.31. The maximum atomic E-state index is 6.36. The zero-order valence-corrected chi connectivity index (χ0v) is 16.5. The second-order valence-corrected chi connectivity index (χ2v) is 8.58. The number of fused-ring (bicyclic) bond motifs is 1. The summed E-state index contributed by atoms with van der Waals surface area (Å²) < 4.78 is 0. The Morgan fingerprint density at radius 2 is 1.81 bits per heavy atom. The highest BCUT2D eigenvalue weighted by Gasteiger charge is 2.37. The zero-order valence-electron chi connectivity index (χ0n) is 15.0. The van der Waals surface area contributed by atoms with E-state index in [1.165, 1.54) is 38.5 Å². The molecule has 2 fully saturated rings. The van der Waals surface area contributed by atoms with Crippen LogP contribution in [0.3, 0.4) is 0 Å². The Morgan fingerprint density at radius 3 is 2.59 bits per heavy atom. The van der Waals surface area contributed by atoms with Crippen molar-refractivity contribution in [1.29, 1.82) is 0 Å². The molecule has 1 saturated carbocycles. The number of H-pyrrole nitrogens is 1. The lowest BCUT2D eigenvalue weighted by molar-refractivity contribution is 0.226. The SMILES string of the molecule is Clc1cccc(-c2[nH]nc3nc(N4CCC5(CCCC5)CC4)cnc23)c1Cl. The number of benzene rings is 1. The monoisotopic (exact) mass is 401 g/mol. The van der Waals surface area contributed by atoms with E-state index in [4.69, 9.17) is 28.2 Å². The van der Waals surface area contributed by atoms with E-state index in [1.54, 1.807) is 6.07 Å². The van der Waals surface area contributed by atoms with Gasteiger partial charge >= 0.3 is 0 Å². The van der Waals surface area contributed by atoms with E-state index in [0.717, 1.165) is 30.2 Å². The Hall–Kier alpha value is -1.85. The van der Waals surface area contributed by atoms with Crippen LogP contribution in [-0.2, 0) is 0 Å². The first-order valence-corrected chi connectivity index (χ1v) is 10.3. The number of aromatic amines is 1. The lowest BCUT2D eigenvalue weighted by Crippen LogP contribution is -2.39. The molecular formula is C20H21Cl2N5. The fourth-order valence-electron chi connectivity index (χ4n) is 4.66. The number of piperidine rings is 1. The van der Waals surface area contributed by atoms with Gasteiger partial charge in [0.05, 0.1) is 21.9 Å². The molecule has 0 amide bonds. The third-order valence-electron chi connectivity index (χ3n) is 6.29. The number of halogens is 2. The Kier molecular flexibility index (Phi) is 4.25. The number of anilines is 1. The molecular weight excluding hydrogens is 381 g/mol. The molecule has 3 aromatic rings. The minimum atomic E-state index is 0.494. The van der Waals surface area contributed by atoms with Crippen LogP contribution in [0, 0.1) is 5.41 Å². The van der Waals surface area contributed by atoms with Crippen LogP contribution in [0.25, 0.3) is 22.4 Å². The largest absolute Gasteiger partial charge is 0.355 e. The van der Waals surface area contributed by atoms with E-state index in [2.05, 4.69) is 20.1 Å². The van der Waals surface area contributed by atoms with Gasteiger partial charge in [-0.1, -0.05) is 48.2 Å². The first-order chi connectivity index (χ1) is 13.2. The minimum Gasteiger partial charge on any atom is -0.355 e. The van der Waals surface area contributed by atoms with Crippen LogP contribution >= 0.6 is 23.2 Å². The highest BCUT2D eigenvalue weighted by Crippen LogP contribution is 2.46. The van der Waals surface area contributed by atoms with Gasteiger partial charge in [0.25, 0.3) is 0 Å². The van der Waals surface area contributed by atoms with Gasteiger partial charge in [-0.3, -0.25) is 5.10 Å². The third-order valence-corrected chi connectivity index (χ3v) is 7.10. The molecule has 0 atom stereocenters. The highest BCUT2D eigenvalue weighted by atomic mass is 35.5. The molecule has 7 heteroatoms. The van der Waals surface area contributed by atoms with Crippen LogP contribution in [0.15, 0.2) is 24.4 Å². The number of rotatable bonds is 2. The molecule has 0 unspecified atom stereocenters. The minimum absolute atomic E-state index is 0.494. The molecule has 5 nitrogen and oxygen atoms in total. The van der Waals surface area contributed by atoms with Gasteiger partial charge in [-0.05, 0) is 37.2 Å². The van der Waals surface area contributed by atoms with Crippen molar-refractivity contribution in [1.82, 2.24) is 20.2 Å². The molecule has 1 saturated heterocycles. The summed E-state index contributed by atoms with van der Waals surface area (Å²) in [5.41, 5.74) is 3.46. The maximum Gasteiger partial charge on any atom is 0.202 e. The Bertz CT molecular complexity index is 983. The molecule has 0 bridgehead atoms. The quantitative estimate of drug-likeness (QED) is 0.616. The standard InChI is InChI=1S/C20H21Cl2N5/c21-14-5-3-4-13(16(14)22)17-18-19(26-25-17)24-15(12-23-18)27-10-8-20(9-11-27)6-1-2-7-20/h3-5,12H,1-2,6-11H2,(H,24,25,26). The Balaban J connectivity index is 1.43. The topological polar surface area (TPSA) is 57.7 Å². The number of nitrogens with one attached hydrogen (secondary N) is 1. The van der Waals surface area contributed by atoms with Gasteiger partial charge < -0.3 is 4.90 Å². The fraction of sp³-hybridized carbons (Fsp3) is 0.450. The van der Waals surface area contributed by atoms with E-state index in [0.29, 0.717) is 26.6 Å². The molecule has 2 aliphatic rings. The predicted molar refractivity (Wildman–Crippen MR) is 109 cm³/mol. The van der Waals surface area contributed by atoms with Crippen LogP contribution in [-0.4, -0.2) is 33.3 Å². The van der Waals surface area contributed by atoms with Crippen molar-refractivity contribution in [2.75, 3.05) is 18.0 Å². The van der Waals surface area contributed by atoms with Crippen molar-refractivity contribution in [3.8, 4) is 11.3 Å². The van der Waals surface area contributed by atoms with Crippen molar-refractivity contribution in [2.24, 2.45) is 5.41 Å². The molecule has 27 heavy (non-hydrogen) atoms. The lowest BCUT2D eigenvalue weighted by atomic mass is 9.77. The van der Waals surface area contributed by atoms with Crippen molar-refractivity contribution in [3.05, 3.63) is 34.4 Å². The number of hydrogen-bond acceptors (Lipinski definition) is 4. The first kappa shape index (κ1) is 17.3. The molecule has 0 radical (unpaired) electrons. The van der Waals surface area contributed by atoms with E-state index in [9.17, 15) is 0 Å². The molecule has 1 aliphatic heterocycles. The Morgan fingerprint density at radius 1 is 1.04 bits per heavy atom. The average molecular weight is 402 g/mol. The second-order valence-electron chi connectivity index (χ2n) is 7.79.